The van der Waals surface area contributed by atoms with Gasteiger partial charge in [-0.3, -0.25) is 14.5 Å². The van der Waals surface area contributed by atoms with Crippen LogP contribution in [-0.4, -0.2) is 71.8 Å². The van der Waals surface area contributed by atoms with Crippen molar-refractivity contribution in [3.63, 3.8) is 0 Å². The lowest BCUT2D eigenvalue weighted by molar-refractivity contribution is -0.133. The van der Waals surface area contributed by atoms with Crippen molar-refractivity contribution < 1.29 is 9.59 Å². The fourth-order valence-corrected chi connectivity index (χ4v) is 3.53. The lowest BCUT2D eigenvalue weighted by Crippen LogP contribution is -2.52. The molecule has 2 amide bonds. The van der Waals surface area contributed by atoms with Crippen LogP contribution in [0.5, 0.6) is 0 Å². The van der Waals surface area contributed by atoms with Gasteiger partial charge in [0.1, 0.15) is 0 Å². The third-order valence-electron chi connectivity index (χ3n) is 4.98. The Hall–Kier alpha value is -1.59. The molecule has 1 aliphatic carbocycles. The third-order valence-corrected chi connectivity index (χ3v) is 5.23. The van der Waals surface area contributed by atoms with E-state index in [-0.39, 0.29) is 11.8 Å². The number of amides is 2. The zero-order chi connectivity index (χ0) is 18.7. The van der Waals surface area contributed by atoms with E-state index in [1.165, 1.54) is 0 Å². The maximum absolute atomic E-state index is 12.7. The van der Waals surface area contributed by atoms with Crippen molar-refractivity contribution in [1.82, 2.24) is 14.7 Å². The summed E-state index contributed by atoms with van der Waals surface area (Å²) in [5, 5.41) is 0.631. The summed E-state index contributed by atoms with van der Waals surface area (Å²) < 4.78 is 0. The average molecular weight is 378 g/mol. The molecule has 3 rings (SSSR count). The Balaban J connectivity index is 1.49. The molecule has 0 radical (unpaired) electrons. The minimum atomic E-state index is 0.0343. The molecule has 1 saturated heterocycles. The van der Waals surface area contributed by atoms with E-state index < -0.39 is 0 Å². The maximum atomic E-state index is 12.7. The molecule has 2 aliphatic rings. The molecule has 142 valence electrons. The van der Waals surface area contributed by atoms with Gasteiger partial charge < -0.3 is 9.80 Å². The van der Waals surface area contributed by atoms with E-state index in [0.717, 1.165) is 32.5 Å². The Kier molecular flexibility index (Phi) is 6.20. The van der Waals surface area contributed by atoms with Gasteiger partial charge in [0.05, 0.1) is 6.54 Å². The van der Waals surface area contributed by atoms with Gasteiger partial charge in [0.2, 0.25) is 5.91 Å². The summed E-state index contributed by atoms with van der Waals surface area (Å²) in [5.74, 6) is 0.763. The van der Waals surface area contributed by atoms with Crippen molar-refractivity contribution in [2.45, 2.75) is 32.7 Å². The third kappa shape index (κ3) is 4.98. The zero-order valence-electron chi connectivity index (χ0n) is 15.7. The number of carbonyl (C=O) groups excluding carboxylic acids is 2. The van der Waals surface area contributed by atoms with Crippen LogP contribution in [0.4, 0.5) is 0 Å². The Morgan fingerprint density at radius 3 is 2.27 bits per heavy atom. The van der Waals surface area contributed by atoms with Gasteiger partial charge in [-0.1, -0.05) is 25.4 Å². The van der Waals surface area contributed by atoms with Crippen molar-refractivity contribution in [2.75, 3.05) is 39.3 Å². The monoisotopic (exact) mass is 377 g/mol. The second-order valence-electron chi connectivity index (χ2n) is 7.75. The van der Waals surface area contributed by atoms with Crippen LogP contribution >= 0.6 is 11.6 Å². The molecule has 0 bridgehead atoms. The summed E-state index contributed by atoms with van der Waals surface area (Å²) in [6.45, 7) is 8.42. The van der Waals surface area contributed by atoms with Gasteiger partial charge in [0, 0.05) is 49.4 Å². The van der Waals surface area contributed by atoms with Gasteiger partial charge >= 0.3 is 0 Å². The highest BCUT2D eigenvalue weighted by atomic mass is 35.5. The van der Waals surface area contributed by atoms with Crippen molar-refractivity contribution in [2.24, 2.45) is 5.92 Å². The van der Waals surface area contributed by atoms with E-state index >= 15 is 0 Å². The molecular weight excluding hydrogens is 350 g/mol. The number of carbonyl (C=O) groups is 2. The molecule has 2 fully saturated rings. The average Bonchev–Trinajstić information content (AvgIpc) is 3.45. The molecular formula is C20H28ClN3O2. The van der Waals surface area contributed by atoms with Crippen molar-refractivity contribution in [3.05, 3.63) is 34.9 Å². The number of benzene rings is 1. The Labute approximate surface area is 160 Å². The van der Waals surface area contributed by atoms with Crippen molar-refractivity contribution in [3.8, 4) is 0 Å². The van der Waals surface area contributed by atoms with Crippen LogP contribution in [0.25, 0.3) is 0 Å². The molecule has 0 N–H and O–H groups in total. The van der Waals surface area contributed by atoms with Crippen LogP contribution in [0.2, 0.25) is 5.02 Å². The predicted octanol–water partition coefficient (Wildman–Crippen LogP) is 2.74. The van der Waals surface area contributed by atoms with Crippen molar-refractivity contribution in [1.29, 1.82) is 0 Å². The lowest BCUT2D eigenvalue weighted by atomic mass is 10.1. The number of halogens is 1. The highest BCUT2D eigenvalue weighted by Crippen LogP contribution is 2.27. The van der Waals surface area contributed by atoms with E-state index in [4.69, 9.17) is 11.6 Å². The van der Waals surface area contributed by atoms with E-state index in [9.17, 15) is 9.59 Å². The normalized spacial score (nSPS) is 18.2. The molecule has 1 aromatic rings. The van der Waals surface area contributed by atoms with Crippen LogP contribution < -0.4 is 0 Å². The molecule has 26 heavy (non-hydrogen) atoms. The highest BCUT2D eigenvalue weighted by Gasteiger charge is 2.34. The summed E-state index contributed by atoms with van der Waals surface area (Å²) in [6.07, 6.45) is 2.28. The van der Waals surface area contributed by atoms with Crippen molar-refractivity contribution >= 4 is 23.4 Å². The molecule has 1 aliphatic heterocycles. The zero-order valence-corrected chi connectivity index (χ0v) is 16.4. The topological polar surface area (TPSA) is 43.9 Å². The van der Waals surface area contributed by atoms with Crippen LogP contribution in [0.1, 0.15) is 37.0 Å². The largest absolute Gasteiger partial charge is 0.338 e. The van der Waals surface area contributed by atoms with Gasteiger partial charge in [-0.05, 0) is 43.0 Å². The first-order valence-corrected chi connectivity index (χ1v) is 9.88. The van der Waals surface area contributed by atoms with E-state index in [1.807, 2.05) is 4.90 Å². The van der Waals surface area contributed by atoms with Crippen LogP contribution in [0, 0.1) is 5.92 Å². The lowest BCUT2D eigenvalue weighted by Gasteiger charge is -2.35. The highest BCUT2D eigenvalue weighted by molar-refractivity contribution is 6.30. The van der Waals surface area contributed by atoms with E-state index in [2.05, 4.69) is 23.6 Å². The van der Waals surface area contributed by atoms with Gasteiger partial charge in [-0.2, -0.15) is 0 Å². The number of piperazine rings is 1. The predicted molar refractivity (Wildman–Crippen MR) is 103 cm³/mol. The Morgan fingerprint density at radius 2 is 1.73 bits per heavy atom. The van der Waals surface area contributed by atoms with Crippen LogP contribution in [0.15, 0.2) is 24.3 Å². The number of hydrogen-bond donors (Lipinski definition) is 0. The minimum absolute atomic E-state index is 0.0343. The number of hydrogen-bond acceptors (Lipinski definition) is 3. The molecule has 1 aromatic carbocycles. The smallest absolute Gasteiger partial charge is 0.253 e. The van der Waals surface area contributed by atoms with E-state index in [1.54, 1.807) is 24.3 Å². The van der Waals surface area contributed by atoms with Gasteiger partial charge in [-0.25, -0.2) is 0 Å². The molecule has 0 aromatic heterocycles. The van der Waals surface area contributed by atoms with Gasteiger partial charge in [0.25, 0.3) is 5.91 Å². The molecule has 0 unspecified atom stereocenters. The first-order chi connectivity index (χ1) is 12.4. The fourth-order valence-electron chi connectivity index (χ4n) is 3.40. The molecule has 5 nitrogen and oxygen atoms in total. The summed E-state index contributed by atoms with van der Waals surface area (Å²) in [5.41, 5.74) is 0.663. The summed E-state index contributed by atoms with van der Waals surface area (Å²) in [6, 6.07) is 7.47. The molecule has 1 heterocycles. The number of rotatable bonds is 6. The number of nitrogens with zero attached hydrogens (tertiary/aromatic N) is 3. The minimum Gasteiger partial charge on any atom is -0.338 e. The van der Waals surface area contributed by atoms with Gasteiger partial charge in [-0.15, -0.1) is 0 Å². The second-order valence-corrected chi connectivity index (χ2v) is 8.18. The Bertz CT molecular complexity index is 635. The molecule has 0 atom stereocenters. The quantitative estimate of drug-likeness (QED) is 0.765. The van der Waals surface area contributed by atoms with E-state index in [0.29, 0.717) is 42.2 Å². The molecule has 0 spiro atoms. The fraction of sp³-hybridized carbons (Fsp3) is 0.600. The first kappa shape index (κ1) is 19.2. The van der Waals surface area contributed by atoms with Crippen LogP contribution in [-0.2, 0) is 4.79 Å². The Morgan fingerprint density at radius 1 is 1.12 bits per heavy atom. The van der Waals surface area contributed by atoms with Gasteiger partial charge in [0.15, 0.2) is 0 Å². The second kappa shape index (κ2) is 8.40. The summed E-state index contributed by atoms with van der Waals surface area (Å²) >= 11 is 5.89. The first-order valence-electron chi connectivity index (χ1n) is 9.50. The van der Waals surface area contributed by atoms with Crippen LogP contribution in [0.3, 0.4) is 0 Å². The SMILES string of the molecule is CC(C)CN(C(=O)CN1CCN(C(=O)c2ccc(Cl)cc2)CC1)C1CC1. The summed E-state index contributed by atoms with van der Waals surface area (Å²) in [4.78, 5) is 31.3. The molecule has 1 saturated carbocycles. The standard InChI is InChI=1S/C20H28ClN3O2/c1-15(2)13-24(18-7-8-18)19(25)14-22-9-11-23(12-10-22)20(26)16-3-5-17(21)6-4-16/h3-6,15,18H,7-14H2,1-2H3. The summed E-state index contributed by atoms with van der Waals surface area (Å²) in [7, 11) is 0. The maximum Gasteiger partial charge on any atom is 0.253 e. The molecule has 6 heteroatoms.